The number of carbonyl (C=O) groups excluding carboxylic acids is 1. The first kappa shape index (κ1) is 16.1. The van der Waals surface area contributed by atoms with Crippen LogP contribution < -0.4 is 15.5 Å². The van der Waals surface area contributed by atoms with Crippen LogP contribution in [0.15, 0.2) is 30.6 Å². The third-order valence-electron chi connectivity index (χ3n) is 5.33. The Morgan fingerprint density at radius 3 is 3.00 bits per heavy atom. The fraction of sp³-hybridized carbons (Fsp3) is 0.474. The predicted molar refractivity (Wildman–Crippen MR) is 97.4 cm³/mol. The fourth-order valence-electron chi connectivity index (χ4n) is 3.91. The molecule has 1 aromatic heterocycles. The van der Waals surface area contributed by atoms with Gasteiger partial charge in [-0.3, -0.25) is 9.48 Å². The van der Waals surface area contributed by atoms with E-state index in [2.05, 4.69) is 45.9 Å². The summed E-state index contributed by atoms with van der Waals surface area (Å²) < 4.78 is 1.78. The van der Waals surface area contributed by atoms with Gasteiger partial charge < -0.3 is 15.5 Å². The van der Waals surface area contributed by atoms with Crippen molar-refractivity contribution < 1.29 is 4.79 Å². The van der Waals surface area contributed by atoms with Gasteiger partial charge in [-0.05, 0) is 30.0 Å². The van der Waals surface area contributed by atoms with Crippen molar-refractivity contribution >= 4 is 11.6 Å². The molecule has 6 heteroatoms. The summed E-state index contributed by atoms with van der Waals surface area (Å²) in [6.07, 6.45) is 6.37. The molecule has 0 unspecified atom stereocenters. The minimum atomic E-state index is -0.0180. The molecule has 0 bridgehead atoms. The lowest BCUT2D eigenvalue weighted by molar-refractivity contribution is -0.123. The molecule has 1 amide bonds. The molecule has 0 saturated carbocycles. The van der Waals surface area contributed by atoms with Crippen LogP contribution in [-0.4, -0.2) is 35.3 Å². The number of hydrogen-bond acceptors (Lipinski definition) is 4. The second-order valence-electron chi connectivity index (χ2n) is 7.15. The van der Waals surface area contributed by atoms with Gasteiger partial charge in [-0.25, -0.2) is 0 Å². The van der Waals surface area contributed by atoms with Crippen molar-refractivity contribution in [3.8, 4) is 0 Å². The largest absolute Gasteiger partial charge is 0.374 e. The second-order valence-corrected chi connectivity index (χ2v) is 7.15. The van der Waals surface area contributed by atoms with Gasteiger partial charge in [0, 0.05) is 57.1 Å². The number of rotatable bonds is 4. The van der Waals surface area contributed by atoms with E-state index in [0.29, 0.717) is 6.42 Å². The number of piperidine rings is 1. The lowest BCUT2D eigenvalue weighted by Gasteiger charge is -2.32. The molecule has 132 valence electrons. The van der Waals surface area contributed by atoms with Crippen molar-refractivity contribution in [1.29, 1.82) is 0 Å². The van der Waals surface area contributed by atoms with Crippen LogP contribution in [0.25, 0.3) is 0 Å². The van der Waals surface area contributed by atoms with Gasteiger partial charge in [0.1, 0.15) is 0 Å². The first-order chi connectivity index (χ1) is 12.1. The summed E-state index contributed by atoms with van der Waals surface area (Å²) in [5.41, 5.74) is 5.14. The second kappa shape index (κ2) is 6.52. The molecule has 2 aromatic rings. The van der Waals surface area contributed by atoms with E-state index in [1.807, 2.05) is 19.4 Å². The molecule has 0 spiro atoms. The van der Waals surface area contributed by atoms with Crippen LogP contribution in [0.2, 0.25) is 0 Å². The zero-order chi connectivity index (χ0) is 17.4. The summed E-state index contributed by atoms with van der Waals surface area (Å²) >= 11 is 0. The predicted octanol–water partition coefficient (Wildman–Crippen LogP) is 1.52. The first-order valence-corrected chi connectivity index (χ1v) is 8.94. The minimum absolute atomic E-state index is 0.0180. The van der Waals surface area contributed by atoms with E-state index < -0.39 is 0 Å². The van der Waals surface area contributed by atoms with Gasteiger partial charge in [0.25, 0.3) is 0 Å². The zero-order valence-corrected chi connectivity index (χ0v) is 14.8. The van der Waals surface area contributed by atoms with Gasteiger partial charge >= 0.3 is 0 Å². The number of nitrogens with zero attached hydrogens (tertiary/aromatic N) is 3. The van der Waals surface area contributed by atoms with Crippen molar-refractivity contribution in [3.63, 3.8) is 0 Å². The lowest BCUT2D eigenvalue weighted by atomic mass is 9.93. The molecular weight excluding hydrogens is 314 g/mol. The van der Waals surface area contributed by atoms with Gasteiger partial charge in [-0.15, -0.1) is 0 Å². The number of anilines is 1. The molecular formula is C19H25N5O. The van der Waals surface area contributed by atoms with Crippen molar-refractivity contribution in [3.05, 3.63) is 47.3 Å². The zero-order valence-electron chi connectivity index (χ0n) is 14.8. The Morgan fingerprint density at radius 2 is 2.20 bits per heavy atom. The smallest absolute Gasteiger partial charge is 0.220 e. The van der Waals surface area contributed by atoms with E-state index in [0.717, 1.165) is 31.5 Å². The fourth-order valence-corrected chi connectivity index (χ4v) is 3.91. The maximum atomic E-state index is 11.9. The molecule has 2 N–H and O–H groups in total. The van der Waals surface area contributed by atoms with E-state index in [9.17, 15) is 4.79 Å². The molecule has 2 aliphatic rings. The number of hydrogen-bond donors (Lipinski definition) is 2. The highest BCUT2D eigenvalue weighted by atomic mass is 16.1. The number of aryl methyl sites for hydroxylation is 1. The average molecular weight is 339 g/mol. The van der Waals surface area contributed by atoms with Crippen LogP contribution in [0.3, 0.4) is 0 Å². The molecule has 2 aliphatic heterocycles. The van der Waals surface area contributed by atoms with Gasteiger partial charge in [0.2, 0.25) is 5.91 Å². The SMILES string of the molecule is CN1CCc2cc(CN[C@H]3CCC(=O)N[C@@H]3c3cnn(C)c3)ccc21. The Kier molecular flexibility index (Phi) is 4.21. The highest BCUT2D eigenvalue weighted by molar-refractivity contribution is 5.77. The van der Waals surface area contributed by atoms with Crippen LogP contribution in [0, 0.1) is 0 Å². The molecule has 25 heavy (non-hydrogen) atoms. The summed E-state index contributed by atoms with van der Waals surface area (Å²) in [6, 6.07) is 6.94. The van der Waals surface area contributed by atoms with Crippen LogP contribution in [0.4, 0.5) is 5.69 Å². The molecule has 1 fully saturated rings. The van der Waals surface area contributed by atoms with Gasteiger partial charge in [-0.2, -0.15) is 5.10 Å². The molecule has 0 radical (unpaired) electrons. The summed E-state index contributed by atoms with van der Waals surface area (Å²) in [6.45, 7) is 1.91. The number of amides is 1. The Bertz CT molecular complexity index is 784. The summed E-state index contributed by atoms with van der Waals surface area (Å²) in [4.78, 5) is 14.2. The molecule has 4 rings (SSSR count). The summed E-state index contributed by atoms with van der Waals surface area (Å²) in [5, 5.41) is 11.0. The lowest BCUT2D eigenvalue weighted by Crippen LogP contribution is -2.48. The van der Waals surface area contributed by atoms with Crippen LogP contribution in [-0.2, 0) is 24.8 Å². The molecule has 2 atom stereocenters. The minimum Gasteiger partial charge on any atom is -0.374 e. The van der Waals surface area contributed by atoms with Crippen LogP contribution >= 0.6 is 0 Å². The Balaban J connectivity index is 1.46. The monoisotopic (exact) mass is 339 g/mol. The standard InChI is InChI=1S/C19H25N5O/c1-23-8-7-14-9-13(3-5-17(14)23)10-20-16-4-6-18(25)22-19(16)15-11-21-24(2)12-15/h3,5,9,11-12,16,19-20H,4,6-8,10H2,1-2H3,(H,22,25)/t16-,19+/m0/s1. The van der Waals surface area contributed by atoms with Crippen molar-refractivity contribution in [2.75, 3.05) is 18.5 Å². The van der Waals surface area contributed by atoms with Crippen molar-refractivity contribution in [2.45, 2.75) is 37.9 Å². The van der Waals surface area contributed by atoms with E-state index in [1.54, 1.807) is 4.68 Å². The van der Waals surface area contributed by atoms with Gasteiger partial charge in [0.05, 0.1) is 12.2 Å². The molecule has 0 aliphatic carbocycles. The van der Waals surface area contributed by atoms with Crippen LogP contribution in [0.5, 0.6) is 0 Å². The summed E-state index contributed by atoms with van der Waals surface area (Å²) in [7, 11) is 4.05. The summed E-state index contributed by atoms with van der Waals surface area (Å²) in [5.74, 6) is 0.118. The Hall–Kier alpha value is -2.34. The number of likely N-dealkylation sites (N-methyl/N-ethyl adjacent to an activating group) is 1. The normalized spacial score (nSPS) is 22.8. The van der Waals surface area contributed by atoms with E-state index >= 15 is 0 Å². The Labute approximate surface area is 148 Å². The van der Waals surface area contributed by atoms with E-state index in [-0.39, 0.29) is 18.0 Å². The number of fused-ring (bicyclic) bond motifs is 1. The molecule has 1 saturated heterocycles. The number of carbonyl (C=O) groups is 1. The maximum absolute atomic E-state index is 11.9. The first-order valence-electron chi connectivity index (χ1n) is 8.94. The number of aromatic nitrogens is 2. The molecule has 3 heterocycles. The van der Waals surface area contributed by atoms with Crippen LogP contribution in [0.1, 0.15) is 35.6 Å². The van der Waals surface area contributed by atoms with E-state index in [1.165, 1.54) is 16.8 Å². The van der Waals surface area contributed by atoms with E-state index in [4.69, 9.17) is 0 Å². The van der Waals surface area contributed by atoms with Crippen molar-refractivity contribution in [1.82, 2.24) is 20.4 Å². The topological polar surface area (TPSA) is 62.2 Å². The third kappa shape index (κ3) is 3.26. The van der Waals surface area contributed by atoms with Gasteiger partial charge in [0.15, 0.2) is 0 Å². The van der Waals surface area contributed by atoms with Gasteiger partial charge in [-0.1, -0.05) is 12.1 Å². The number of nitrogens with one attached hydrogen (secondary N) is 2. The molecule has 1 aromatic carbocycles. The average Bonchev–Trinajstić information content (AvgIpc) is 3.20. The maximum Gasteiger partial charge on any atom is 0.220 e. The third-order valence-corrected chi connectivity index (χ3v) is 5.33. The quantitative estimate of drug-likeness (QED) is 0.887. The molecule has 6 nitrogen and oxygen atoms in total. The van der Waals surface area contributed by atoms with Crippen molar-refractivity contribution in [2.24, 2.45) is 7.05 Å². The number of benzene rings is 1. The highest BCUT2D eigenvalue weighted by Gasteiger charge is 2.30. The highest BCUT2D eigenvalue weighted by Crippen LogP contribution is 2.28. The Morgan fingerprint density at radius 1 is 1.32 bits per heavy atom.